The van der Waals surface area contributed by atoms with E-state index in [1.54, 1.807) is 12.1 Å². The lowest BCUT2D eigenvalue weighted by atomic mass is 10.1. The van der Waals surface area contributed by atoms with Gasteiger partial charge in [-0.15, -0.1) is 0 Å². The molecule has 0 aliphatic rings. The van der Waals surface area contributed by atoms with Crippen molar-refractivity contribution in [1.82, 2.24) is 10.9 Å². The average molecular weight is 371 g/mol. The number of ether oxygens (including phenoxy) is 2. The minimum atomic E-state index is -0.656. The Morgan fingerprint density at radius 3 is 2.26 bits per heavy atom. The van der Waals surface area contributed by atoms with Crippen LogP contribution in [-0.2, 0) is 4.79 Å². The second-order valence-corrected chi connectivity index (χ2v) is 5.19. The number of rotatable bonds is 6. The van der Waals surface area contributed by atoms with Crippen molar-refractivity contribution in [2.75, 3.05) is 14.2 Å². The van der Waals surface area contributed by atoms with E-state index in [-0.39, 0.29) is 16.8 Å². The van der Waals surface area contributed by atoms with E-state index in [4.69, 9.17) is 9.47 Å². The first-order valence-electron chi connectivity index (χ1n) is 7.69. The number of nitrogens with one attached hydrogen (secondary N) is 2. The number of nitro groups is 1. The smallest absolute Gasteiger partial charge is 0.276 e. The summed E-state index contributed by atoms with van der Waals surface area (Å²) in [7, 11) is 2.90. The van der Waals surface area contributed by atoms with Gasteiger partial charge in [0.1, 0.15) is 11.5 Å². The first kappa shape index (κ1) is 19.4. The van der Waals surface area contributed by atoms with Gasteiger partial charge in [-0.25, -0.2) is 0 Å². The van der Waals surface area contributed by atoms with Gasteiger partial charge in [0, 0.05) is 23.8 Å². The number of hydrogen-bond acceptors (Lipinski definition) is 6. The highest BCUT2D eigenvalue weighted by Gasteiger charge is 2.12. The number of carbonyl (C=O) groups is 2. The van der Waals surface area contributed by atoms with E-state index >= 15 is 0 Å². The molecule has 2 aromatic carbocycles. The first-order chi connectivity index (χ1) is 12.9. The summed E-state index contributed by atoms with van der Waals surface area (Å²) >= 11 is 0. The summed E-state index contributed by atoms with van der Waals surface area (Å²) in [5.41, 5.74) is 4.79. The maximum Gasteiger partial charge on any atom is 0.276 e. The monoisotopic (exact) mass is 371 g/mol. The van der Waals surface area contributed by atoms with Gasteiger partial charge in [0.25, 0.3) is 17.5 Å². The topological polar surface area (TPSA) is 120 Å². The minimum absolute atomic E-state index is 0.130. The van der Waals surface area contributed by atoms with Gasteiger partial charge in [-0.1, -0.05) is 12.1 Å². The molecule has 0 heterocycles. The van der Waals surface area contributed by atoms with E-state index in [0.717, 1.165) is 6.08 Å². The lowest BCUT2D eigenvalue weighted by Crippen LogP contribution is -2.40. The summed E-state index contributed by atoms with van der Waals surface area (Å²) in [5.74, 6) is -0.403. The molecular formula is C18H17N3O6. The fourth-order valence-corrected chi connectivity index (χ4v) is 2.13. The van der Waals surface area contributed by atoms with Gasteiger partial charge >= 0.3 is 0 Å². The molecule has 2 N–H and O–H groups in total. The lowest BCUT2D eigenvalue weighted by molar-refractivity contribution is -0.385. The number of benzene rings is 2. The number of carbonyl (C=O) groups excluding carboxylic acids is 2. The Morgan fingerprint density at radius 1 is 1.04 bits per heavy atom. The van der Waals surface area contributed by atoms with Crippen LogP contribution in [-0.4, -0.2) is 31.0 Å². The molecule has 2 amide bonds. The third-order valence-electron chi connectivity index (χ3n) is 3.46. The standard InChI is InChI=1S/C18H17N3O6/c1-26-14-9-13(10-15(11-14)27-2)18(23)20-19-17(22)8-7-12-5-3-4-6-16(12)21(24)25/h3-11H,1-2H3,(H,19,22)(H,20,23). The molecule has 0 atom stereocenters. The highest BCUT2D eigenvalue weighted by Crippen LogP contribution is 2.22. The molecule has 9 nitrogen and oxygen atoms in total. The van der Waals surface area contributed by atoms with E-state index in [1.165, 1.54) is 50.6 Å². The van der Waals surface area contributed by atoms with Crippen LogP contribution in [0.15, 0.2) is 48.5 Å². The molecule has 0 aromatic heterocycles. The molecule has 0 radical (unpaired) electrons. The number of nitro benzene ring substituents is 1. The molecule has 0 aliphatic heterocycles. The van der Waals surface area contributed by atoms with Crippen LogP contribution in [0.2, 0.25) is 0 Å². The van der Waals surface area contributed by atoms with E-state index in [2.05, 4.69) is 10.9 Å². The summed E-state index contributed by atoms with van der Waals surface area (Å²) in [4.78, 5) is 34.4. The molecule has 0 spiro atoms. The molecule has 0 unspecified atom stereocenters. The Bertz CT molecular complexity index is 872. The van der Waals surface area contributed by atoms with Crippen LogP contribution < -0.4 is 20.3 Å². The van der Waals surface area contributed by atoms with Crippen LogP contribution in [0.5, 0.6) is 11.5 Å². The predicted molar refractivity (Wildman–Crippen MR) is 97.3 cm³/mol. The number of methoxy groups -OCH3 is 2. The zero-order chi connectivity index (χ0) is 19.8. The average Bonchev–Trinajstić information content (AvgIpc) is 2.69. The Balaban J connectivity index is 2.02. The van der Waals surface area contributed by atoms with Crippen molar-refractivity contribution in [1.29, 1.82) is 0 Å². The Morgan fingerprint density at radius 2 is 1.67 bits per heavy atom. The summed E-state index contributed by atoms with van der Waals surface area (Å²) in [6.07, 6.45) is 2.36. The zero-order valence-corrected chi connectivity index (χ0v) is 14.6. The fourth-order valence-electron chi connectivity index (χ4n) is 2.13. The van der Waals surface area contributed by atoms with Gasteiger partial charge in [-0.2, -0.15) is 0 Å². The van der Waals surface area contributed by atoms with Gasteiger partial charge in [0.05, 0.1) is 24.7 Å². The SMILES string of the molecule is COc1cc(OC)cc(C(=O)NNC(=O)C=Cc2ccccc2[N+](=O)[O-])c1. The third kappa shape index (κ3) is 5.30. The van der Waals surface area contributed by atoms with Crippen molar-refractivity contribution in [3.05, 3.63) is 69.8 Å². The molecule has 140 valence electrons. The summed E-state index contributed by atoms with van der Waals surface area (Å²) in [5, 5.41) is 10.9. The first-order valence-corrected chi connectivity index (χ1v) is 7.69. The third-order valence-corrected chi connectivity index (χ3v) is 3.46. The Labute approximate surface area is 154 Å². The number of amides is 2. The molecule has 9 heteroatoms. The van der Waals surface area contributed by atoms with Crippen LogP contribution in [0.25, 0.3) is 6.08 Å². The molecule has 0 fully saturated rings. The van der Waals surface area contributed by atoms with Crippen molar-refractivity contribution >= 4 is 23.6 Å². The largest absolute Gasteiger partial charge is 0.497 e. The van der Waals surface area contributed by atoms with Crippen molar-refractivity contribution in [2.45, 2.75) is 0 Å². The molecule has 0 saturated heterocycles. The summed E-state index contributed by atoms with van der Waals surface area (Å²) < 4.78 is 10.2. The molecule has 2 aromatic rings. The van der Waals surface area contributed by atoms with E-state index in [9.17, 15) is 19.7 Å². The molecule has 0 aliphatic carbocycles. The highest BCUT2D eigenvalue weighted by atomic mass is 16.6. The fraction of sp³-hybridized carbons (Fsp3) is 0.111. The summed E-state index contributed by atoms with van der Waals surface area (Å²) in [6, 6.07) is 10.5. The highest BCUT2D eigenvalue weighted by molar-refractivity contribution is 5.98. The molecule has 27 heavy (non-hydrogen) atoms. The van der Waals surface area contributed by atoms with Crippen molar-refractivity contribution in [3.63, 3.8) is 0 Å². The Hall–Kier alpha value is -3.88. The van der Waals surface area contributed by atoms with E-state index in [0.29, 0.717) is 11.5 Å². The zero-order valence-electron chi connectivity index (χ0n) is 14.6. The van der Waals surface area contributed by atoms with E-state index < -0.39 is 16.7 Å². The van der Waals surface area contributed by atoms with Gasteiger partial charge in [-0.05, 0) is 24.3 Å². The summed E-state index contributed by atoms with van der Waals surface area (Å²) in [6.45, 7) is 0. The molecular weight excluding hydrogens is 354 g/mol. The number of para-hydroxylation sites is 1. The van der Waals surface area contributed by atoms with E-state index in [1.807, 2.05) is 0 Å². The molecule has 0 bridgehead atoms. The van der Waals surface area contributed by atoms with Crippen molar-refractivity contribution in [2.24, 2.45) is 0 Å². The normalized spacial score (nSPS) is 10.3. The second kappa shape index (κ2) is 8.99. The van der Waals surface area contributed by atoms with Gasteiger partial charge in [0.15, 0.2) is 0 Å². The second-order valence-electron chi connectivity index (χ2n) is 5.19. The molecule has 2 rings (SSSR count). The van der Waals surface area contributed by atoms with Gasteiger partial charge < -0.3 is 9.47 Å². The van der Waals surface area contributed by atoms with Gasteiger partial charge in [0.2, 0.25) is 0 Å². The van der Waals surface area contributed by atoms with Crippen LogP contribution >= 0.6 is 0 Å². The maximum atomic E-state index is 12.2. The van der Waals surface area contributed by atoms with Crippen LogP contribution in [0.3, 0.4) is 0 Å². The number of hydrazine groups is 1. The maximum absolute atomic E-state index is 12.2. The predicted octanol–water partition coefficient (Wildman–Crippen LogP) is 2.09. The number of hydrogen-bond donors (Lipinski definition) is 2. The van der Waals surface area contributed by atoms with Crippen LogP contribution in [0.1, 0.15) is 15.9 Å². The van der Waals surface area contributed by atoms with Crippen LogP contribution in [0, 0.1) is 10.1 Å². The Kier molecular flexibility index (Phi) is 6.48. The minimum Gasteiger partial charge on any atom is -0.497 e. The van der Waals surface area contributed by atoms with Gasteiger partial charge in [-0.3, -0.25) is 30.6 Å². The lowest BCUT2D eigenvalue weighted by Gasteiger charge is -2.09. The van der Waals surface area contributed by atoms with Crippen molar-refractivity contribution < 1.29 is 24.0 Å². The molecule has 0 saturated carbocycles. The number of nitrogens with zero attached hydrogens (tertiary/aromatic N) is 1. The van der Waals surface area contributed by atoms with Crippen LogP contribution in [0.4, 0.5) is 5.69 Å². The quantitative estimate of drug-likeness (QED) is 0.456. The van der Waals surface area contributed by atoms with Crippen molar-refractivity contribution in [3.8, 4) is 11.5 Å².